The number of rotatable bonds is 6. The Morgan fingerprint density at radius 2 is 2.00 bits per heavy atom. The first-order valence-corrected chi connectivity index (χ1v) is 9.83. The van der Waals surface area contributed by atoms with Crippen molar-refractivity contribution in [1.82, 2.24) is 10.3 Å². The minimum absolute atomic E-state index is 0.0821. The van der Waals surface area contributed by atoms with Gasteiger partial charge in [-0.05, 0) is 35.4 Å². The van der Waals surface area contributed by atoms with Gasteiger partial charge in [-0.2, -0.15) is 10.2 Å². The first-order valence-electron chi connectivity index (χ1n) is 8.65. The summed E-state index contributed by atoms with van der Waals surface area (Å²) in [5.41, 5.74) is 5.82. The minimum Gasteiger partial charge on any atom is -0.310 e. The molecule has 0 amide bonds. The lowest BCUT2D eigenvalue weighted by atomic mass is 10.1. The Balaban J connectivity index is 1.45. The molecule has 0 bridgehead atoms. The normalized spacial score (nSPS) is 15.7. The summed E-state index contributed by atoms with van der Waals surface area (Å²) in [4.78, 5) is 4.49. The van der Waals surface area contributed by atoms with Crippen molar-refractivity contribution in [1.29, 1.82) is 0 Å². The molecule has 4 rings (SSSR count). The standard InChI is InChI=1S/C19H19F2N5S/c1-27-26(16-5-3-12-8-22-9-14(12)6-16)11-15-4-2-13(10-23-15)17-7-18(19(20)21)25-24-17/h2-6,10,19,22H,7-9,11H2,1H3. The molecular formula is C19H19F2N5S. The van der Waals surface area contributed by atoms with Crippen molar-refractivity contribution in [3.05, 3.63) is 58.9 Å². The van der Waals surface area contributed by atoms with Crippen LogP contribution < -0.4 is 9.62 Å². The Bertz CT molecular complexity index is 895. The molecule has 0 spiro atoms. The first-order chi connectivity index (χ1) is 13.1. The summed E-state index contributed by atoms with van der Waals surface area (Å²) in [7, 11) is 0. The molecule has 1 N–H and O–H groups in total. The molecule has 0 unspecified atom stereocenters. The number of benzene rings is 1. The van der Waals surface area contributed by atoms with E-state index in [2.05, 4.69) is 43.0 Å². The molecule has 0 fully saturated rings. The van der Waals surface area contributed by atoms with Gasteiger partial charge in [-0.1, -0.05) is 18.0 Å². The van der Waals surface area contributed by atoms with Crippen LogP contribution in [0.4, 0.5) is 14.5 Å². The maximum atomic E-state index is 12.7. The molecule has 5 nitrogen and oxygen atoms in total. The molecule has 3 heterocycles. The average Bonchev–Trinajstić information content (AvgIpc) is 3.35. The molecule has 2 aliphatic heterocycles. The lowest BCUT2D eigenvalue weighted by Gasteiger charge is -2.22. The molecule has 8 heteroatoms. The number of pyridine rings is 1. The third kappa shape index (κ3) is 3.86. The number of nitrogens with zero attached hydrogens (tertiary/aromatic N) is 4. The van der Waals surface area contributed by atoms with Gasteiger partial charge < -0.3 is 9.62 Å². The molecule has 0 atom stereocenters. The molecule has 1 aromatic carbocycles. The summed E-state index contributed by atoms with van der Waals surface area (Å²) in [5.74, 6) is 0. The van der Waals surface area contributed by atoms with Crippen LogP contribution >= 0.6 is 11.9 Å². The van der Waals surface area contributed by atoms with Crippen molar-refractivity contribution >= 4 is 29.1 Å². The van der Waals surface area contributed by atoms with Crippen LogP contribution in [0, 0.1) is 0 Å². The molecule has 2 aliphatic rings. The second-order valence-corrected chi connectivity index (χ2v) is 7.24. The van der Waals surface area contributed by atoms with Gasteiger partial charge in [-0.15, -0.1) is 0 Å². The van der Waals surface area contributed by atoms with Crippen LogP contribution in [0.1, 0.15) is 28.8 Å². The number of nitrogens with one attached hydrogen (secondary N) is 1. The summed E-state index contributed by atoms with van der Waals surface area (Å²) in [6.45, 7) is 2.49. The number of alkyl halides is 2. The zero-order valence-corrected chi connectivity index (χ0v) is 15.6. The Morgan fingerprint density at radius 3 is 2.70 bits per heavy atom. The summed E-state index contributed by atoms with van der Waals surface area (Å²) >= 11 is 1.64. The fourth-order valence-corrected chi connectivity index (χ4v) is 3.77. The molecule has 0 saturated heterocycles. The molecule has 0 radical (unpaired) electrons. The van der Waals surface area contributed by atoms with Gasteiger partial charge in [0.15, 0.2) is 0 Å². The smallest absolute Gasteiger partial charge is 0.278 e. The predicted octanol–water partition coefficient (Wildman–Crippen LogP) is 3.78. The van der Waals surface area contributed by atoms with E-state index in [0.717, 1.165) is 30.0 Å². The highest BCUT2D eigenvalue weighted by Gasteiger charge is 2.22. The second kappa shape index (κ2) is 7.74. The van der Waals surface area contributed by atoms with Crippen molar-refractivity contribution in [3.8, 4) is 0 Å². The van der Waals surface area contributed by atoms with E-state index in [1.165, 1.54) is 11.1 Å². The van der Waals surface area contributed by atoms with E-state index in [1.807, 2.05) is 18.4 Å². The highest BCUT2D eigenvalue weighted by atomic mass is 32.2. The lowest BCUT2D eigenvalue weighted by molar-refractivity contribution is 0.224. The van der Waals surface area contributed by atoms with E-state index in [-0.39, 0.29) is 12.1 Å². The van der Waals surface area contributed by atoms with Gasteiger partial charge in [0.05, 0.1) is 18.0 Å². The van der Waals surface area contributed by atoms with Crippen LogP contribution in [0.2, 0.25) is 0 Å². The fraction of sp³-hybridized carbons (Fsp3) is 0.316. The number of hydrogen-bond donors (Lipinski definition) is 1. The number of anilines is 1. The zero-order valence-electron chi connectivity index (χ0n) is 14.8. The van der Waals surface area contributed by atoms with Crippen LogP contribution in [0.5, 0.6) is 0 Å². The SMILES string of the molecule is CSN(Cc1ccc(C2=NN=C(C(F)F)C2)cn1)c1ccc2c(c1)CNC2. The maximum Gasteiger partial charge on any atom is 0.278 e. The first kappa shape index (κ1) is 18.1. The molecular weight excluding hydrogens is 368 g/mol. The van der Waals surface area contributed by atoms with Gasteiger partial charge in [0.1, 0.15) is 5.71 Å². The lowest BCUT2D eigenvalue weighted by Crippen LogP contribution is -2.15. The Morgan fingerprint density at radius 1 is 1.15 bits per heavy atom. The van der Waals surface area contributed by atoms with Gasteiger partial charge in [0.2, 0.25) is 0 Å². The number of hydrogen-bond acceptors (Lipinski definition) is 6. The van der Waals surface area contributed by atoms with Gasteiger partial charge >= 0.3 is 0 Å². The molecule has 2 aromatic rings. The van der Waals surface area contributed by atoms with Gasteiger partial charge in [-0.3, -0.25) is 4.98 Å². The molecule has 1 aromatic heterocycles. The van der Waals surface area contributed by atoms with E-state index < -0.39 is 6.43 Å². The summed E-state index contributed by atoms with van der Waals surface area (Å²) in [5, 5.41) is 10.8. The van der Waals surface area contributed by atoms with Crippen molar-refractivity contribution in [3.63, 3.8) is 0 Å². The third-order valence-corrected chi connectivity index (χ3v) is 5.47. The van der Waals surface area contributed by atoms with E-state index in [1.54, 1.807) is 18.1 Å². The van der Waals surface area contributed by atoms with Gasteiger partial charge in [0, 0.05) is 43.2 Å². The van der Waals surface area contributed by atoms with Crippen LogP contribution in [0.15, 0.2) is 46.7 Å². The second-order valence-electron chi connectivity index (χ2n) is 6.43. The van der Waals surface area contributed by atoms with E-state index in [9.17, 15) is 8.78 Å². The zero-order chi connectivity index (χ0) is 18.8. The Labute approximate surface area is 160 Å². The minimum atomic E-state index is -2.56. The Hall–Kier alpha value is -2.32. The van der Waals surface area contributed by atoms with Crippen LogP contribution in [0.3, 0.4) is 0 Å². The summed E-state index contributed by atoms with van der Waals surface area (Å²) in [6, 6.07) is 10.3. The van der Waals surface area contributed by atoms with Crippen LogP contribution in [0.25, 0.3) is 0 Å². The number of halogens is 2. The topological polar surface area (TPSA) is 52.9 Å². The highest BCUT2D eigenvalue weighted by Crippen LogP contribution is 2.28. The van der Waals surface area contributed by atoms with Crippen molar-refractivity contribution in [2.24, 2.45) is 10.2 Å². The summed E-state index contributed by atoms with van der Waals surface area (Å²) < 4.78 is 27.6. The van der Waals surface area contributed by atoms with E-state index in [4.69, 9.17) is 0 Å². The van der Waals surface area contributed by atoms with Gasteiger partial charge in [-0.25, -0.2) is 8.78 Å². The van der Waals surface area contributed by atoms with E-state index in [0.29, 0.717) is 12.3 Å². The van der Waals surface area contributed by atoms with E-state index >= 15 is 0 Å². The van der Waals surface area contributed by atoms with Crippen LogP contribution in [-0.4, -0.2) is 29.1 Å². The average molecular weight is 387 g/mol. The largest absolute Gasteiger partial charge is 0.310 e. The number of fused-ring (bicyclic) bond motifs is 1. The Kier molecular flexibility index (Phi) is 5.18. The summed E-state index contributed by atoms with van der Waals surface area (Å²) in [6.07, 6.45) is 1.24. The molecule has 0 aliphatic carbocycles. The van der Waals surface area contributed by atoms with Gasteiger partial charge in [0.25, 0.3) is 6.43 Å². The monoisotopic (exact) mass is 387 g/mol. The highest BCUT2D eigenvalue weighted by molar-refractivity contribution is 7.99. The fourth-order valence-electron chi connectivity index (χ4n) is 3.18. The number of aromatic nitrogens is 1. The molecule has 140 valence electrons. The maximum absolute atomic E-state index is 12.7. The predicted molar refractivity (Wildman–Crippen MR) is 106 cm³/mol. The van der Waals surface area contributed by atoms with Crippen LogP contribution in [-0.2, 0) is 19.6 Å². The van der Waals surface area contributed by atoms with Crippen molar-refractivity contribution in [2.45, 2.75) is 32.5 Å². The molecule has 0 saturated carbocycles. The quantitative estimate of drug-likeness (QED) is 0.767. The van der Waals surface area contributed by atoms with Crippen molar-refractivity contribution < 1.29 is 8.78 Å². The molecule has 27 heavy (non-hydrogen) atoms. The third-order valence-electron chi connectivity index (χ3n) is 4.69. The van der Waals surface area contributed by atoms with Crippen molar-refractivity contribution in [2.75, 3.05) is 10.6 Å².